The van der Waals surface area contributed by atoms with Crippen LogP contribution in [0.3, 0.4) is 0 Å². The quantitative estimate of drug-likeness (QED) is 0.384. The summed E-state index contributed by atoms with van der Waals surface area (Å²) in [5.74, 6) is 0.429. The Balaban J connectivity index is 1.97. The van der Waals surface area contributed by atoms with E-state index in [9.17, 15) is 5.11 Å². The van der Waals surface area contributed by atoms with Gasteiger partial charge in [0.05, 0.1) is 5.69 Å². The van der Waals surface area contributed by atoms with Gasteiger partial charge in [-0.3, -0.25) is 4.99 Å². The van der Waals surface area contributed by atoms with E-state index in [-0.39, 0.29) is 5.16 Å². The van der Waals surface area contributed by atoms with E-state index in [4.69, 9.17) is 0 Å². The summed E-state index contributed by atoms with van der Waals surface area (Å²) in [5.41, 5.74) is 5.26. The number of aliphatic imine (C=N–C) groups is 1. The van der Waals surface area contributed by atoms with Gasteiger partial charge in [-0.25, -0.2) is 0 Å². The number of phenolic OH excluding ortho intramolecular Hbond substituents is 1. The highest BCUT2D eigenvalue weighted by atomic mass is 31.1. The van der Waals surface area contributed by atoms with Crippen molar-refractivity contribution in [1.29, 1.82) is 0 Å². The minimum atomic E-state index is -0.127. The predicted octanol–water partition coefficient (Wildman–Crippen LogP) is 6.39. The lowest BCUT2D eigenvalue weighted by molar-refractivity contribution is 0.452. The molecular weight excluding hydrogens is 361 g/mol. The van der Waals surface area contributed by atoms with E-state index in [1.165, 1.54) is 10.9 Å². The van der Waals surface area contributed by atoms with Crippen LogP contribution in [0.15, 0.2) is 71.7 Å². The van der Waals surface area contributed by atoms with Crippen molar-refractivity contribution in [1.82, 2.24) is 0 Å². The molecule has 3 heteroatoms. The normalized spacial score (nSPS) is 14.0. The highest BCUT2D eigenvalue weighted by molar-refractivity contribution is 7.48. The third-order valence-corrected chi connectivity index (χ3v) is 7.13. The van der Waals surface area contributed by atoms with Crippen molar-refractivity contribution < 1.29 is 5.11 Å². The van der Waals surface area contributed by atoms with Crippen LogP contribution < -0.4 is 5.30 Å². The molecule has 0 amide bonds. The highest BCUT2D eigenvalue weighted by Gasteiger charge is 2.29. The Bertz CT molecular complexity index is 981. The Kier molecular flexibility index (Phi) is 6.31. The number of aryl methyl sites for hydroxylation is 2. The maximum Gasteiger partial charge on any atom is 0.122 e. The van der Waals surface area contributed by atoms with Gasteiger partial charge in [-0.2, -0.15) is 0 Å². The average molecular weight is 389 g/mol. The van der Waals surface area contributed by atoms with Crippen LogP contribution >= 0.6 is 8.58 Å². The molecule has 0 spiro atoms. The standard InChI is InChI=1S/C25H28NOP/c1-5-25(4,22-16-18(2)15-19(3)24(22)27)28-23-14-10-9-11-20(23)17-26-21-12-7-6-8-13-21/h6-17,27-28H,5H2,1-4H3/b26-17+. The maximum atomic E-state index is 10.8. The van der Waals surface area contributed by atoms with Crippen molar-refractivity contribution in [2.75, 3.05) is 0 Å². The summed E-state index contributed by atoms with van der Waals surface area (Å²) < 4.78 is 0. The molecule has 1 N–H and O–H groups in total. The molecule has 0 heterocycles. The van der Waals surface area contributed by atoms with Gasteiger partial charge in [-0.15, -0.1) is 0 Å². The molecule has 0 bridgehead atoms. The van der Waals surface area contributed by atoms with Crippen LogP contribution in [0.25, 0.3) is 0 Å². The molecule has 3 aromatic rings. The van der Waals surface area contributed by atoms with Gasteiger partial charge < -0.3 is 5.11 Å². The topological polar surface area (TPSA) is 32.6 Å². The second-order valence-electron chi connectivity index (χ2n) is 7.47. The molecule has 0 fully saturated rings. The zero-order valence-corrected chi connectivity index (χ0v) is 18.0. The van der Waals surface area contributed by atoms with Crippen molar-refractivity contribution in [3.8, 4) is 5.75 Å². The molecule has 0 aliphatic rings. The highest BCUT2D eigenvalue weighted by Crippen LogP contribution is 2.48. The van der Waals surface area contributed by atoms with Crippen molar-refractivity contribution in [3.05, 3.63) is 89.0 Å². The number of rotatable bonds is 6. The minimum absolute atomic E-state index is 0.127. The van der Waals surface area contributed by atoms with Crippen molar-refractivity contribution in [3.63, 3.8) is 0 Å². The molecule has 0 aliphatic carbocycles. The second-order valence-corrected chi connectivity index (χ2v) is 9.36. The van der Waals surface area contributed by atoms with Gasteiger partial charge in [-0.1, -0.05) is 82.6 Å². The summed E-state index contributed by atoms with van der Waals surface area (Å²) >= 11 is 0. The Labute approximate surface area is 170 Å². The van der Waals surface area contributed by atoms with Gasteiger partial charge in [0.2, 0.25) is 0 Å². The van der Waals surface area contributed by atoms with Crippen LogP contribution in [0.1, 0.15) is 42.5 Å². The van der Waals surface area contributed by atoms with E-state index < -0.39 is 0 Å². The first-order valence-electron chi connectivity index (χ1n) is 9.70. The smallest absolute Gasteiger partial charge is 0.122 e. The first kappa shape index (κ1) is 20.3. The Morgan fingerprint density at radius 2 is 1.68 bits per heavy atom. The third kappa shape index (κ3) is 4.51. The SMILES string of the molecule is CCC(C)(Pc1ccccc1/C=N/c1ccccc1)c1cc(C)cc(C)c1O. The molecule has 28 heavy (non-hydrogen) atoms. The Hall–Kier alpha value is -2.44. The third-order valence-electron chi connectivity index (χ3n) is 5.23. The summed E-state index contributed by atoms with van der Waals surface area (Å²) in [6.07, 6.45) is 2.90. The fourth-order valence-corrected chi connectivity index (χ4v) is 4.97. The zero-order valence-electron chi connectivity index (χ0n) is 17.0. The number of nitrogens with zero attached hydrogens (tertiary/aromatic N) is 1. The molecule has 0 aromatic heterocycles. The van der Waals surface area contributed by atoms with Crippen LogP contribution in [-0.4, -0.2) is 11.3 Å². The minimum Gasteiger partial charge on any atom is -0.507 e. The number of aromatic hydroxyl groups is 1. The maximum absolute atomic E-state index is 10.8. The first-order chi connectivity index (χ1) is 13.4. The second kappa shape index (κ2) is 8.71. The summed E-state index contributed by atoms with van der Waals surface area (Å²) in [4.78, 5) is 4.64. The summed E-state index contributed by atoms with van der Waals surface area (Å²) in [5, 5.41) is 11.9. The molecule has 0 saturated carbocycles. The van der Waals surface area contributed by atoms with E-state index in [0.29, 0.717) is 14.3 Å². The van der Waals surface area contributed by atoms with Gasteiger partial charge in [0.15, 0.2) is 0 Å². The lowest BCUT2D eigenvalue weighted by Crippen LogP contribution is -2.20. The predicted molar refractivity (Wildman–Crippen MR) is 123 cm³/mol. The molecule has 0 aliphatic heterocycles. The monoisotopic (exact) mass is 389 g/mol. The van der Waals surface area contributed by atoms with Crippen molar-refractivity contribution >= 4 is 25.8 Å². The molecule has 3 rings (SSSR count). The Morgan fingerprint density at radius 1 is 1.00 bits per heavy atom. The Morgan fingerprint density at radius 3 is 2.39 bits per heavy atom. The molecule has 2 atom stereocenters. The van der Waals surface area contributed by atoms with Crippen molar-refractivity contribution in [2.24, 2.45) is 4.99 Å². The van der Waals surface area contributed by atoms with Crippen LogP contribution in [-0.2, 0) is 5.16 Å². The fourth-order valence-electron chi connectivity index (χ4n) is 3.41. The molecule has 0 radical (unpaired) electrons. The van der Waals surface area contributed by atoms with Gasteiger partial charge in [0.25, 0.3) is 0 Å². The zero-order chi connectivity index (χ0) is 20.1. The van der Waals surface area contributed by atoms with Crippen LogP contribution in [0, 0.1) is 13.8 Å². The van der Waals surface area contributed by atoms with Crippen LogP contribution in [0.5, 0.6) is 5.75 Å². The largest absolute Gasteiger partial charge is 0.507 e. The number of hydrogen-bond acceptors (Lipinski definition) is 2. The summed E-state index contributed by atoms with van der Waals surface area (Å²) in [7, 11) is 0.530. The van der Waals surface area contributed by atoms with Crippen LogP contribution in [0.4, 0.5) is 5.69 Å². The average Bonchev–Trinajstić information content (AvgIpc) is 2.70. The van der Waals surface area contributed by atoms with E-state index in [1.54, 1.807) is 0 Å². The summed E-state index contributed by atoms with van der Waals surface area (Å²) in [6.45, 7) is 8.52. The number of para-hydroxylation sites is 1. The van der Waals surface area contributed by atoms with Crippen LogP contribution in [0.2, 0.25) is 0 Å². The molecule has 2 nitrogen and oxygen atoms in total. The van der Waals surface area contributed by atoms with Crippen molar-refractivity contribution in [2.45, 2.75) is 39.3 Å². The molecule has 0 saturated heterocycles. The van der Waals surface area contributed by atoms with Gasteiger partial charge in [-0.05, 0) is 43.3 Å². The molecule has 2 unspecified atom stereocenters. The fraction of sp³-hybridized carbons (Fsp3) is 0.240. The number of benzene rings is 3. The van der Waals surface area contributed by atoms with Gasteiger partial charge in [0, 0.05) is 22.5 Å². The summed E-state index contributed by atoms with van der Waals surface area (Å²) in [6, 6.07) is 22.6. The van der Waals surface area contributed by atoms with E-state index in [0.717, 1.165) is 28.8 Å². The lowest BCUT2D eigenvalue weighted by atomic mass is 9.93. The van der Waals surface area contributed by atoms with E-state index in [1.807, 2.05) is 49.5 Å². The first-order valence-corrected chi connectivity index (χ1v) is 10.7. The van der Waals surface area contributed by atoms with E-state index >= 15 is 0 Å². The van der Waals surface area contributed by atoms with Gasteiger partial charge >= 0.3 is 0 Å². The lowest BCUT2D eigenvalue weighted by Gasteiger charge is -2.31. The molecular formula is C25H28NOP. The number of hydrogen-bond donors (Lipinski definition) is 1. The van der Waals surface area contributed by atoms with E-state index in [2.05, 4.69) is 56.1 Å². The molecule has 144 valence electrons. The van der Waals surface area contributed by atoms with Gasteiger partial charge in [0.1, 0.15) is 5.75 Å². The molecule has 3 aromatic carbocycles. The number of phenols is 1.